The predicted octanol–water partition coefficient (Wildman–Crippen LogP) is 3.17. The molecule has 1 rings (SSSR count). The van der Waals surface area contributed by atoms with Crippen molar-refractivity contribution in [1.29, 1.82) is 0 Å². The van der Waals surface area contributed by atoms with Crippen molar-refractivity contribution in [3.05, 3.63) is 16.5 Å². The molecule has 0 aromatic carbocycles. The maximum Gasteiger partial charge on any atom is 0.245 e. The minimum Gasteiger partial charge on any atom is -0.450 e. The van der Waals surface area contributed by atoms with E-state index in [-0.39, 0.29) is 28.0 Å². The van der Waals surface area contributed by atoms with Crippen molar-refractivity contribution in [3.8, 4) is 0 Å². The Morgan fingerprint density at radius 1 is 1.35 bits per heavy atom. The van der Waals surface area contributed by atoms with Gasteiger partial charge in [0.05, 0.1) is 0 Å². The highest BCUT2D eigenvalue weighted by molar-refractivity contribution is 9.10. The lowest BCUT2D eigenvalue weighted by Crippen LogP contribution is -2.34. The third-order valence-electron chi connectivity index (χ3n) is 3.02. The molecule has 1 heterocycles. The number of hydrogen-bond acceptors (Lipinski definition) is 4. The van der Waals surface area contributed by atoms with E-state index >= 15 is 0 Å². The molecule has 1 atom stereocenters. The molecule has 7 heteroatoms. The summed E-state index contributed by atoms with van der Waals surface area (Å²) in [5.41, 5.74) is 0. The van der Waals surface area contributed by atoms with Crippen molar-refractivity contribution >= 4 is 26.0 Å². The summed E-state index contributed by atoms with van der Waals surface area (Å²) in [4.78, 5) is 0.0409. The summed E-state index contributed by atoms with van der Waals surface area (Å²) in [6, 6.07) is 1.28. The van der Waals surface area contributed by atoms with Crippen LogP contribution in [0.1, 0.15) is 51.7 Å². The van der Waals surface area contributed by atoms with Crippen molar-refractivity contribution < 1.29 is 17.9 Å². The molecule has 0 aliphatic heterocycles. The average Bonchev–Trinajstić information content (AvgIpc) is 2.78. The quantitative estimate of drug-likeness (QED) is 0.702. The van der Waals surface area contributed by atoms with Crippen LogP contribution in [0.25, 0.3) is 0 Å². The zero-order chi connectivity index (χ0) is 15.2. The van der Waals surface area contributed by atoms with E-state index in [0.29, 0.717) is 0 Å². The van der Waals surface area contributed by atoms with Crippen LogP contribution in [0.4, 0.5) is 0 Å². The predicted molar refractivity (Wildman–Crippen MR) is 80.9 cm³/mol. The Morgan fingerprint density at radius 3 is 2.55 bits per heavy atom. The molecule has 0 bridgehead atoms. The van der Waals surface area contributed by atoms with Crippen molar-refractivity contribution in [3.63, 3.8) is 0 Å². The average molecular weight is 368 g/mol. The van der Waals surface area contributed by atoms with Gasteiger partial charge in [0.25, 0.3) is 0 Å². The lowest BCUT2D eigenvalue weighted by atomic mass is 10.1. The van der Waals surface area contributed by atoms with Gasteiger partial charge in [-0.1, -0.05) is 33.1 Å². The van der Waals surface area contributed by atoms with Crippen LogP contribution in [-0.2, 0) is 16.6 Å². The number of rotatable bonds is 9. The molecule has 0 amide bonds. The first-order chi connectivity index (χ1) is 9.44. The van der Waals surface area contributed by atoms with Gasteiger partial charge in [0.1, 0.15) is 17.3 Å². The van der Waals surface area contributed by atoms with Crippen LogP contribution < -0.4 is 4.72 Å². The Morgan fingerprint density at radius 2 is 2.05 bits per heavy atom. The van der Waals surface area contributed by atoms with E-state index in [1.807, 2.05) is 6.92 Å². The van der Waals surface area contributed by atoms with Crippen molar-refractivity contribution in [1.82, 2.24) is 4.72 Å². The van der Waals surface area contributed by atoms with Crippen LogP contribution in [0.5, 0.6) is 0 Å². The standard InChI is InChI=1S/C13H22BrNO4S/c1-3-5-7-10(6-4-2)15-20(17,18)12-8-11(9-16)19-13(12)14/h8,10,15-16H,3-7,9H2,1-2H3. The molecule has 1 unspecified atom stereocenters. The van der Waals surface area contributed by atoms with E-state index < -0.39 is 10.0 Å². The fraction of sp³-hybridized carbons (Fsp3) is 0.692. The molecule has 0 saturated heterocycles. The molecule has 0 spiro atoms. The van der Waals surface area contributed by atoms with Crippen LogP contribution in [0.15, 0.2) is 20.0 Å². The van der Waals surface area contributed by atoms with Gasteiger partial charge in [-0.2, -0.15) is 0 Å². The second-order valence-corrected chi connectivity index (χ2v) is 7.16. The topological polar surface area (TPSA) is 79.5 Å². The van der Waals surface area contributed by atoms with Crippen molar-refractivity contribution in [2.45, 2.75) is 63.5 Å². The number of halogens is 1. The SMILES string of the molecule is CCCCC(CCC)NS(=O)(=O)c1cc(CO)oc1Br. The highest BCUT2D eigenvalue weighted by Crippen LogP contribution is 2.26. The monoisotopic (exact) mass is 367 g/mol. The van der Waals surface area contributed by atoms with Crippen LogP contribution in [0.2, 0.25) is 0 Å². The largest absolute Gasteiger partial charge is 0.450 e. The smallest absolute Gasteiger partial charge is 0.245 e. The Bertz CT molecular complexity index is 512. The lowest BCUT2D eigenvalue weighted by molar-refractivity contribution is 0.245. The fourth-order valence-electron chi connectivity index (χ4n) is 2.00. The van der Waals surface area contributed by atoms with E-state index in [2.05, 4.69) is 27.6 Å². The van der Waals surface area contributed by atoms with E-state index in [4.69, 9.17) is 9.52 Å². The lowest BCUT2D eigenvalue weighted by Gasteiger charge is -2.17. The number of aliphatic hydroxyl groups excluding tert-OH is 1. The molecule has 5 nitrogen and oxygen atoms in total. The Hall–Kier alpha value is -0.370. The van der Waals surface area contributed by atoms with E-state index in [1.165, 1.54) is 6.07 Å². The molecule has 0 aliphatic rings. The third kappa shape index (κ3) is 4.87. The van der Waals surface area contributed by atoms with Gasteiger partial charge in [-0.25, -0.2) is 13.1 Å². The molecule has 0 saturated carbocycles. The Kier molecular flexibility index (Phi) is 7.22. The van der Waals surface area contributed by atoms with Crippen molar-refractivity contribution in [2.75, 3.05) is 0 Å². The van der Waals surface area contributed by atoms with Crippen LogP contribution in [0.3, 0.4) is 0 Å². The van der Waals surface area contributed by atoms with Gasteiger partial charge >= 0.3 is 0 Å². The zero-order valence-electron chi connectivity index (χ0n) is 11.9. The minimum atomic E-state index is -3.63. The van der Waals surface area contributed by atoms with Gasteiger partial charge in [-0.05, 0) is 28.8 Å². The maximum absolute atomic E-state index is 12.3. The minimum absolute atomic E-state index is 0.0409. The van der Waals surface area contributed by atoms with Gasteiger partial charge in [0.2, 0.25) is 10.0 Å². The Balaban J connectivity index is 2.87. The number of furan rings is 1. The van der Waals surface area contributed by atoms with Gasteiger partial charge in [-0.15, -0.1) is 0 Å². The highest BCUT2D eigenvalue weighted by Gasteiger charge is 2.25. The summed E-state index contributed by atoms with van der Waals surface area (Å²) in [5, 5.41) is 8.99. The first-order valence-corrected chi connectivity index (χ1v) is 9.13. The molecule has 0 aliphatic carbocycles. The second-order valence-electron chi connectivity index (χ2n) is 4.76. The van der Waals surface area contributed by atoms with Crippen molar-refractivity contribution in [2.24, 2.45) is 0 Å². The van der Waals surface area contributed by atoms with Crippen LogP contribution in [0, 0.1) is 0 Å². The van der Waals surface area contributed by atoms with E-state index in [1.54, 1.807) is 0 Å². The fourth-order valence-corrected chi connectivity index (χ4v) is 4.31. The van der Waals surface area contributed by atoms with Gasteiger partial charge in [0.15, 0.2) is 4.67 Å². The second kappa shape index (κ2) is 8.17. The highest BCUT2D eigenvalue weighted by atomic mass is 79.9. The summed E-state index contributed by atoms with van der Waals surface area (Å²) >= 11 is 3.08. The van der Waals surface area contributed by atoms with E-state index in [9.17, 15) is 8.42 Å². The molecule has 116 valence electrons. The molecule has 1 aromatic heterocycles. The molecule has 0 radical (unpaired) electrons. The molecule has 20 heavy (non-hydrogen) atoms. The number of nitrogens with one attached hydrogen (secondary N) is 1. The summed E-state index contributed by atoms with van der Waals surface area (Å²) in [6.07, 6.45) is 4.58. The normalized spacial score (nSPS) is 13.6. The number of sulfonamides is 1. The summed E-state index contributed by atoms with van der Waals surface area (Å²) < 4.78 is 32.7. The van der Waals surface area contributed by atoms with E-state index in [0.717, 1.165) is 32.1 Å². The Labute approximate surface area is 128 Å². The zero-order valence-corrected chi connectivity index (χ0v) is 14.3. The molecule has 0 fully saturated rings. The molecule has 2 N–H and O–H groups in total. The summed E-state index contributed by atoms with van der Waals surface area (Å²) in [5.74, 6) is 0.220. The van der Waals surface area contributed by atoms with Gasteiger partial charge in [0, 0.05) is 12.1 Å². The third-order valence-corrected chi connectivity index (χ3v) is 5.39. The number of hydrogen-bond donors (Lipinski definition) is 2. The van der Waals surface area contributed by atoms with Crippen LogP contribution in [-0.4, -0.2) is 19.6 Å². The maximum atomic E-state index is 12.3. The van der Waals surface area contributed by atoms with Gasteiger partial charge in [-0.3, -0.25) is 0 Å². The first kappa shape index (κ1) is 17.7. The summed E-state index contributed by atoms with van der Waals surface area (Å²) in [6.45, 7) is 3.78. The molecular formula is C13H22BrNO4S. The number of aliphatic hydroxyl groups is 1. The summed E-state index contributed by atoms with van der Waals surface area (Å²) in [7, 11) is -3.63. The van der Waals surface area contributed by atoms with Gasteiger partial charge < -0.3 is 9.52 Å². The number of unbranched alkanes of at least 4 members (excludes halogenated alkanes) is 1. The van der Waals surface area contributed by atoms with Crippen LogP contribution >= 0.6 is 15.9 Å². The first-order valence-electron chi connectivity index (χ1n) is 6.86. The molecular weight excluding hydrogens is 346 g/mol. The molecule has 1 aromatic rings.